The minimum atomic E-state index is 0.679. The molecule has 0 amide bonds. The zero-order valence-corrected chi connectivity index (χ0v) is 9.53. The Balaban J connectivity index is 2.00. The molecule has 0 N–H and O–H groups in total. The van der Waals surface area contributed by atoms with Gasteiger partial charge in [0.1, 0.15) is 12.1 Å². The second-order valence-electron chi connectivity index (χ2n) is 4.01. The fraction of sp³-hybridized carbons (Fsp3) is 0.636. The molecule has 1 saturated heterocycles. The largest absolute Gasteiger partial charge is 0.357 e. The summed E-state index contributed by atoms with van der Waals surface area (Å²) in [6.07, 6.45) is 7.03. The van der Waals surface area contributed by atoms with Gasteiger partial charge in [0.2, 0.25) is 0 Å². The Bertz CT molecular complexity index is 291. The number of nitrogens with zero attached hydrogens (tertiary/aromatic N) is 3. The van der Waals surface area contributed by atoms with E-state index >= 15 is 0 Å². The SMILES string of the molecule is ClCC1CCCN(c2ccncn2)CC1. The van der Waals surface area contributed by atoms with Crippen LogP contribution in [0.3, 0.4) is 0 Å². The van der Waals surface area contributed by atoms with Crippen molar-refractivity contribution in [1.29, 1.82) is 0 Å². The molecular formula is C11H16ClN3. The highest BCUT2D eigenvalue weighted by Gasteiger charge is 2.16. The maximum atomic E-state index is 5.90. The lowest BCUT2D eigenvalue weighted by Gasteiger charge is -2.20. The number of halogens is 1. The van der Waals surface area contributed by atoms with Crippen molar-refractivity contribution in [3.8, 4) is 0 Å². The Morgan fingerprint density at radius 2 is 2.33 bits per heavy atom. The smallest absolute Gasteiger partial charge is 0.131 e. The molecule has 15 heavy (non-hydrogen) atoms. The zero-order chi connectivity index (χ0) is 10.5. The molecule has 1 unspecified atom stereocenters. The molecule has 1 fully saturated rings. The van der Waals surface area contributed by atoms with Crippen LogP contribution >= 0.6 is 11.6 Å². The van der Waals surface area contributed by atoms with Crippen LogP contribution in [0.1, 0.15) is 19.3 Å². The number of hydrogen-bond acceptors (Lipinski definition) is 3. The molecular weight excluding hydrogens is 210 g/mol. The average molecular weight is 226 g/mol. The van der Waals surface area contributed by atoms with Crippen LogP contribution in [-0.2, 0) is 0 Å². The van der Waals surface area contributed by atoms with Gasteiger partial charge in [0, 0.05) is 25.2 Å². The third kappa shape index (κ3) is 2.81. The molecule has 1 aliphatic rings. The molecule has 1 aliphatic heterocycles. The molecule has 2 rings (SSSR count). The first-order valence-electron chi connectivity index (χ1n) is 5.47. The molecule has 1 aromatic rings. The Kier molecular flexibility index (Phi) is 3.78. The van der Waals surface area contributed by atoms with Gasteiger partial charge >= 0.3 is 0 Å². The van der Waals surface area contributed by atoms with Crippen LogP contribution in [0.4, 0.5) is 5.82 Å². The van der Waals surface area contributed by atoms with Crippen molar-refractivity contribution >= 4 is 17.4 Å². The average Bonchev–Trinajstić information content (AvgIpc) is 2.55. The maximum Gasteiger partial charge on any atom is 0.131 e. The molecule has 0 spiro atoms. The molecule has 1 atom stereocenters. The van der Waals surface area contributed by atoms with Gasteiger partial charge in [0.15, 0.2) is 0 Å². The molecule has 0 saturated carbocycles. The van der Waals surface area contributed by atoms with E-state index in [0.717, 1.165) is 24.8 Å². The molecule has 0 bridgehead atoms. The topological polar surface area (TPSA) is 29.0 Å². The van der Waals surface area contributed by atoms with Crippen LogP contribution in [0.5, 0.6) is 0 Å². The Morgan fingerprint density at radius 3 is 3.07 bits per heavy atom. The summed E-state index contributed by atoms with van der Waals surface area (Å²) in [6.45, 7) is 2.15. The fourth-order valence-corrected chi connectivity index (χ4v) is 2.33. The lowest BCUT2D eigenvalue weighted by molar-refractivity contribution is 0.527. The Labute approximate surface area is 95.5 Å². The van der Waals surface area contributed by atoms with E-state index in [2.05, 4.69) is 14.9 Å². The second kappa shape index (κ2) is 5.31. The molecule has 1 aromatic heterocycles. The molecule has 2 heterocycles. The van der Waals surface area contributed by atoms with Crippen LogP contribution in [0.2, 0.25) is 0 Å². The monoisotopic (exact) mass is 225 g/mol. The molecule has 0 aliphatic carbocycles. The van der Waals surface area contributed by atoms with E-state index < -0.39 is 0 Å². The summed E-state index contributed by atoms with van der Waals surface area (Å²) in [7, 11) is 0. The maximum absolute atomic E-state index is 5.90. The van der Waals surface area contributed by atoms with E-state index in [0.29, 0.717) is 5.92 Å². The van der Waals surface area contributed by atoms with Crippen molar-refractivity contribution in [2.45, 2.75) is 19.3 Å². The molecule has 82 valence electrons. The third-order valence-electron chi connectivity index (χ3n) is 2.96. The van der Waals surface area contributed by atoms with Crippen molar-refractivity contribution in [2.75, 3.05) is 23.9 Å². The van der Waals surface area contributed by atoms with Gasteiger partial charge in [-0.1, -0.05) is 0 Å². The number of aromatic nitrogens is 2. The highest BCUT2D eigenvalue weighted by molar-refractivity contribution is 6.18. The minimum absolute atomic E-state index is 0.679. The van der Waals surface area contributed by atoms with Crippen LogP contribution in [0.25, 0.3) is 0 Å². The molecule has 3 nitrogen and oxygen atoms in total. The summed E-state index contributed by atoms with van der Waals surface area (Å²) in [4.78, 5) is 10.5. The molecule has 0 aromatic carbocycles. The van der Waals surface area contributed by atoms with Crippen LogP contribution in [-0.4, -0.2) is 28.9 Å². The highest BCUT2D eigenvalue weighted by atomic mass is 35.5. The zero-order valence-electron chi connectivity index (χ0n) is 8.77. The van der Waals surface area contributed by atoms with Gasteiger partial charge in [-0.15, -0.1) is 11.6 Å². The van der Waals surface area contributed by atoms with Gasteiger partial charge in [-0.25, -0.2) is 9.97 Å². The minimum Gasteiger partial charge on any atom is -0.357 e. The first-order valence-corrected chi connectivity index (χ1v) is 6.00. The lowest BCUT2D eigenvalue weighted by Crippen LogP contribution is -2.25. The molecule has 0 radical (unpaired) electrons. The highest BCUT2D eigenvalue weighted by Crippen LogP contribution is 2.21. The van der Waals surface area contributed by atoms with E-state index in [9.17, 15) is 0 Å². The van der Waals surface area contributed by atoms with Gasteiger partial charge in [0.25, 0.3) is 0 Å². The van der Waals surface area contributed by atoms with Gasteiger partial charge in [-0.05, 0) is 31.2 Å². The fourth-order valence-electron chi connectivity index (χ4n) is 2.02. The van der Waals surface area contributed by atoms with Gasteiger partial charge in [-0.3, -0.25) is 0 Å². The van der Waals surface area contributed by atoms with Crippen molar-refractivity contribution in [3.05, 3.63) is 18.6 Å². The first-order chi connectivity index (χ1) is 7.40. The Hall–Kier alpha value is -0.830. The van der Waals surface area contributed by atoms with Crippen molar-refractivity contribution in [2.24, 2.45) is 5.92 Å². The van der Waals surface area contributed by atoms with E-state index in [-0.39, 0.29) is 0 Å². The lowest BCUT2D eigenvalue weighted by atomic mass is 10.0. The number of alkyl halides is 1. The predicted molar refractivity (Wildman–Crippen MR) is 62.3 cm³/mol. The van der Waals surface area contributed by atoms with E-state index in [1.165, 1.54) is 19.3 Å². The standard InChI is InChI=1S/C11H16ClN3/c12-8-10-2-1-6-15(7-4-10)11-3-5-13-9-14-11/h3,5,9-10H,1-2,4,6-8H2. The van der Waals surface area contributed by atoms with Crippen LogP contribution in [0.15, 0.2) is 18.6 Å². The quantitative estimate of drug-likeness (QED) is 0.724. The summed E-state index contributed by atoms with van der Waals surface area (Å²) in [5, 5.41) is 0. The summed E-state index contributed by atoms with van der Waals surface area (Å²) < 4.78 is 0. The predicted octanol–water partition coefficient (Wildman–Crippen LogP) is 2.32. The van der Waals surface area contributed by atoms with Crippen LogP contribution < -0.4 is 4.90 Å². The normalized spacial score (nSPS) is 22.5. The number of anilines is 1. The van der Waals surface area contributed by atoms with Crippen LogP contribution in [0, 0.1) is 5.92 Å². The summed E-state index contributed by atoms with van der Waals surface area (Å²) in [5.41, 5.74) is 0. The van der Waals surface area contributed by atoms with Gasteiger partial charge in [-0.2, -0.15) is 0 Å². The van der Waals surface area contributed by atoms with Gasteiger partial charge < -0.3 is 4.90 Å². The van der Waals surface area contributed by atoms with E-state index in [1.807, 2.05) is 6.07 Å². The van der Waals surface area contributed by atoms with E-state index in [4.69, 9.17) is 11.6 Å². The van der Waals surface area contributed by atoms with E-state index in [1.54, 1.807) is 12.5 Å². The third-order valence-corrected chi connectivity index (χ3v) is 3.39. The molecule has 4 heteroatoms. The van der Waals surface area contributed by atoms with Gasteiger partial charge in [0.05, 0.1) is 0 Å². The van der Waals surface area contributed by atoms with Crippen molar-refractivity contribution in [3.63, 3.8) is 0 Å². The number of rotatable bonds is 2. The first kappa shape index (κ1) is 10.7. The number of hydrogen-bond donors (Lipinski definition) is 0. The summed E-state index contributed by atoms with van der Waals surface area (Å²) in [6, 6.07) is 1.97. The summed E-state index contributed by atoms with van der Waals surface area (Å²) in [5.74, 6) is 2.51. The van der Waals surface area contributed by atoms with Crippen molar-refractivity contribution in [1.82, 2.24) is 9.97 Å². The summed E-state index contributed by atoms with van der Waals surface area (Å²) >= 11 is 5.90. The Morgan fingerprint density at radius 1 is 1.40 bits per heavy atom. The second-order valence-corrected chi connectivity index (χ2v) is 4.31. The van der Waals surface area contributed by atoms with Crippen molar-refractivity contribution < 1.29 is 0 Å².